The van der Waals surface area contributed by atoms with Crippen LogP contribution in [0.3, 0.4) is 0 Å². The summed E-state index contributed by atoms with van der Waals surface area (Å²) in [4.78, 5) is 6.23. The zero-order valence-corrected chi connectivity index (χ0v) is 15.5. The molecule has 23 heavy (non-hydrogen) atoms. The summed E-state index contributed by atoms with van der Waals surface area (Å²) in [6.45, 7) is 3.08. The number of fused-ring (bicyclic) bond motifs is 5. The molecule has 1 aliphatic heterocycles. The number of aromatic nitrogens is 1. The number of rotatable bonds is 2. The lowest BCUT2D eigenvalue weighted by Crippen LogP contribution is -2.42. The van der Waals surface area contributed by atoms with Gasteiger partial charge in [0.05, 0.1) is 10.7 Å². The molecule has 0 saturated carbocycles. The average Bonchev–Trinajstić information content (AvgIpc) is 2.91. The maximum absolute atomic E-state index is 9.91. The first kappa shape index (κ1) is 16.7. The van der Waals surface area contributed by atoms with Gasteiger partial charge in [0.25, 0.3) is 0 Å². The van der Waals surface area contributed by atoms with Crippen molar-refractivity contribution < 1.29 is 10.2 Å². The predicted molar refractivity (Wildman–Crippen MR) is 97.0 cm³/mol. The molecule has 1 aromatic carbocycles. The van der Waals surface area contributed by atoms with Crippen molar-refractivity contribution in [2.45, 2.75) is 51.1 Å². The number of aromatic hydroxyl groups is 2. The summed E-state index contributed by atoms with van der Waals surface area (Å²) >= 11 is 1.81. The van der Waals surface area contributed by atoms with Gasteiger partial charge in [-0.15, -0.1) is 28.3 Å². The van der Waals surface area contributed by atoms with Crippen LogP contribution < -0.4 is 5.32 Å². The van der Waals surface area contributed by atoms with Crippen LogP contribution in [0.25, 0.3) is 0 Å². The molecule has 6 heteroatoms. The highest BCUT2D eigenvalue weighted by Gasteiger charge is 2.37. The number of hydrogen-bond acceptors (Lipinski definition) is 5. The van der Waals surface area contributed by atoms with Crippen LogP contribution in [0.5, 0.6) is 11.5 Å². The van der Waals surface area contributed by atoms with Crippen LogP contribution in [0.1, 0.15) is 52.4 Å². The van der Waals surface area contributed by atoms with Crippen LogP contribution >= 0.6 is 28.3 Å². The second kappa shape index (κ2) is 6.42. The normalized spacial score (nSPS) is 21.8. The summed E-state index contributed by atoms with van der Waals surface area (Å²) in [5.41, 5.74) is 3.44. The number of thiazole rings is 1. The van der Waals surface area contributed by atoms with E-state index in [1.54, 1.807) is 12.1 Å². The van der Waals surface area contributed by atoms with Crippen LogP contribution in [0, 0.1) is 0 Å². The fourth-order valence-corrected chi connectivity index (χ4v) is 4.89. The van der Waals surface area contributed by atoms with Crippen LogP contribution in [-0.4, -0.2) is 21.2 Å². The second-order valence-corrected chi connectivity index (χ2v) is 7.38. The molecule has 0 saturated heterocycles. The van der Waals surface area contributed by atoms with Gasteiger partial charge in [0.2, 0.25) is 0 Å². The van der Waals surface area contributed by atoms with E-state index in [2.05, 4.69) is 12.2 Å². The molecule has 2 heterocycles. The summed E-state index contributed by atoms with van der Waals surface area (Å²) in [5, 5.41) is 24.5. The highest BCUT2D eigenvalue weighted by molar-refractivity contribution is 8.93. The molecule has 1 aromatic heterocycles. The van der Waals surface area contributed by atoms with Crippen molar-refractivity contribution in [1.82, 2.24) is 10.3 Å². The molecular formula is C17H21BrN2O2S. The summed E-state index contributed by atoms with van der Waals surface area (Å²) in [6, 6.07) is 3.83. The van der Waals surface area contributed by atoms with Gasteiger partial charge >= 0.3 is 0 Å². The Morgan fingerprint density at radius 3 is 2.87 bits per heavy atom. The third kappa shape index (κ3) is 2.77. The topological polar surface area (TPSA) is 65.4 Å². The first-order chi connectivity index (χ1) is 10.7. The molecule has 0 amide bonds. The Bertz CT molecular complexity index is 732. The zero-order chi connectivity index (χ0) is 15.3. The van der Waals surface area contributed by atoms with E-state index in [9.17, 15) is 10.2 Å². The quantitative estimate of drug-likeness (QED) is 0.677. The number of halogens is 1. The van der Waals surface area contributed by atoms with Gasteiger partial charge in [0.1, 0.15) is 0 Å². The van der Waals surface area contributed by atoms with Gasteiger partial charge < -0.3 is 15.5 Å². The highest BCUT2D eigenvalue weighted by atomic mass is 79.9. The summed E-state index contributed by atoms with van der Waals surface area (Å²) < 4.78 is 0. The lowest BCUT2D eigenvalue weighted by atomic mass is 9.75. The molecule has 2 aliphatic rings. The van der Waals surface area contributed by atoms with E-state index < -0.39 is 0 Å². The van der Waals surface area contributed by atoms with Crippen LogP contribution in [0.15, 0.2) is 12.1 Å². The molecule has 0 spiro atoms. The third-order valence-corrected chi connectivity index (χ3v) is 5.88. The zero-order valence-electron chi connectivity index (χ0n) is 13.0. The van der Waals surface area contributed by atoms with E-state index >= 15 is 0 Å². The molecule has 1 aliphatic carbocycles. The van der Waals surface area contributed by atoms with E-state index in [0.717, 1.165) is 43.4 Å². The average molecular weight is 397 g/mol. The van der Waals surface area contributed by atoms with Gasteiger partial charge in [0.15, 0.2) is 11.5 Å². The summed E-state index contributed by atoms with van der Waals surface area (Å²) in [7, 11) is 0. The molecule has 0 bridgehead atoms. The third-order valence-electron chi connectivity index (χ3n) is 4.75. The molecule has 0 radical (unpaired) electrons. The maximum Gasteiger partial charge on any atom is 0.157 e. The smallest absolute Gasteiger partial charge is 0.157 e. The number of nitrogens with zero attached hydrogens (tertiary/aromatic N) is 1. The largest absolute Gasteiger partial charge is 0.504 e. The molecule has 2 unspecified atom stereocenters. The van der Waals surface area contributed by atoms with Gasteiger partial charge in [-0.05, 0) is 48.9 Å². The van der Waals surface area contributed by atoms with E-state index in [4.69, 9.17) is 4.98 Å². The van der Waals surface area contributed by atoms with Crippen LogP contribution in [-0.2, 0) is 19.4 Å². The Hall–Kier alpha value is -1.11. The predicted octanol–water partition coefficient (Wildman–Crippen LogP) is 3.63. The number of aryl methyl sites for hydroxylation is 2. The molecule has 2 atom stereocenters. The fourth-order valence-electron chi connectivity index (χ4n) is 3.72. The molecule has 124 valence electrons. The van der Waals surface area contributed by atoms with Crippen molar-refractivity contribution in [3.8, 4) is 11.5 Å². The van der Waals surface area contributed by atoms with E-state index in [0.29, 0.717) is 6.04 Å². The second-order valence-electron chi connectivity index (χ2n) is 6.21. The summed E-state index contributed by atoms with van der Waals surface area (Å²) in [5.74, 6) is 0.141. The summed E-state index contributed by atoms with van der Waals surface area (Å²) in [6.07, 6.45) is 4.11. The van der Waals surface area contributed by atoms with Crippen LogP contribution in [0.2, 0.25) is 0 Å². The standard InChI is InChI=1S/C17H20N2O2S.BrH/c1-2-3-15-19-17-14(22-15)8-18-11-5-4-9-6-12(20)13(21)7-10(9)16(11)17;/h6-7,11,16,18,20-21H,2-5,8H2,1H3;1H. The molecular weight excluding hydrogens is 376 g/mol. The SMILES string of the molecule is Br.CCCc1nc2c(s1)CNC1CCc3cc(O)c(O)cc3C21. The minimum absolute atomic E-state index is 0. The van der Waals surface area contributed by atoms with Gasteiger partial charge in [0, 0.05) is 23.4 Å². The Morgan fingerprint density at radius 1 is 1.30 bits per heavy atom. The van der Waals surface area contributed by atoms with E-state index in [1.807, 2.05) is 11.3 Å². The Kier molecular flexibility index (Phi) is 4.67. The minimum atomic E-state index is -0.0319. The lowest BCUT2D eigenvalue weighted by Gasteiger charge is -2.37. The van der Waals surface area contributed by atoms with Crippen molar-refractivity contribution in [2.24, 2.45) is 0 Å². The van der Waals surface area contributed by atoms with E-state index in [1.165, 1.54) is 15.6 Å². The van der Waals surface area contributed by atoms with Crippen molar-refractivity contribution in [3.63, 3.8) is 0 Å². The van der Waals surface area contributed by atoms with Gasteiger partial charge in [-0.2, -0.15) is 0 Å². The fraction of sp³-hybridized carbons (Fsp3) is 0.471. The molecule has 3 N–H and O–H groups in total. The first-order valence-corrected chi connectivity index (χ1v) is 8.75. The van der Waals surface area contributed by atoms with Gasteiger partial charge in [-0.1, -0.05) is 6.92 Å². The Balaban J connectivity index is 0.00000156. The Morgan fingerprint density at radius 2 is 2.09 bits per heavy atom. The molecule has 0 fully saturated rings. The molecule has 4 nitrogen and oxygen atoms in total. The number of phenols is 2. The molecule has 2 aromatic rings. The van der Waals surface area contributed by atoms with Gasteiger partial charge in [-0.3, -0.25) is 0 Å². The monoisotopic (exact) mass is 396 g/mol. The van der Waals surface area contributed by atoms with Crippen molar-refractivity contribution >= 4 is 28.3 Å². The van der Waals surface area contributed by atoms with E-state index in [-0.39, 0.29) is 34.4 Å². The minimum Gasteiger partial charge on any atom is -0.504 e. The Labute approximate surface area is 150 Å². The number of hydrogen-bond donors (Lipinski definition) is 3. The number of benzene rings is 1. The highest BCUT2D eigenvalue weighted by Crippen LogP contribution is 2.44. The maximum atomic E-state index is 9.91. The van der Waals surface area contributed by atoms with Gasteiger partial charge in [-0.25, -0.2) is 4.98 Å². The first-order valence-electron chi connectivity index (χ1n) is 7.94. The van der Waals surface area contributed by atoms with Crippen molar-refractivity contribution in [1.29, 1.82) is 0 Å². The van der Waals surface area contributed by atoms with Crippen LogP contribution in [0.4, 0.5) is 0 Å². The molecule has 4 rings (SSSR count). The lowest BCUT2D eigenvalue weighted by molar-refractivity contribution is 0.378. The van der Waals surface area contributed by atoms with Crippen molar-refractivity contribution in [3.05, 3.63) is 38.8 Å². The van der Waals surface area contributed by atoms with Crippen molar-refractivity contribution in [2.75, 3.05) is 0 Å². The number of phenolic OH excluding ortho intramolecular Hbond substituents is 2. The number of nitrogens with one attached hydrogen (secondary N) is 1.